The zero-order valence-electron chi connectivity index (χ0n) is 12.9. The monoisotopic (exact) mass is 339 g/mol. The van der Waals surface area contributed by atoms with Crippen LogP contribution >= 0.6 is 11.8 Å². The molecule has 3 rings (SSSR count). The number of hydrogen-bond acceptors (Lipinski definition) is 4. The maximum atomic E-state index is 12.3. The van der Waals surface area contributed by atoms with E-state index in [2.05, 4.69) is 15.6 Å². The minimum absolute atomic E-state index is 0.385. The first-order chi connectivity index (χ1) is 11.7. The van der Waals surface area contributed by atoms with Crippen LogP contribution in [0.4, 0.5) is 0 Å². The number of carbonyl (C=O) groups is 2. The molecule has 2 aromatic carbocycles. The summed E-state index contributed by atoms with van der Waals surface area (Å²) < 4.78 is 0. The predicted octanol–water partition coefficient (Wildman–Crippen LogP) is 2.11. The zero-order chi connectivity index (χ0) is 16.8. The van der Waals surface area contributed by atoms with Crippen LogP contribution in [0.3, 0.4) is 0 Å². The van der Waals surface area contributed by atoms with Gasteiger partial charge in [-0.25, -0.2) is 0 Å². The molecule has 6 heteroatoms. The van der Waals surface area contributed by atoms with Crippen molar-refractivity contribution in [1.29, 1.82) is 0 Å². The van der Waals surface area contributed by atoms with Gasteiger partial charge in [0.1, 0.15) is 0 Å². The molecule has 24 heavy (non-hydrogen) atoms. The van der Waals surface area contributed by atoms with Crippen molar-refractivity contribution in [2.24, 2.45) is 4.99 Å². The molecule has 0 fully saturated rings. The SMILES string of the molecule is O=C(NC1=NCCS1)C(=O)NC(c1ccccc1)c1ccccc1. The number of carbonyl (C=O) groups excluding carboxylic acids is 2. The van der Waals surface area contributed by atoms with Crippen LogP contribution < -0.4 is 10.6 Å². The van der Waals surface area contributed by atoms with E-state index in [9.17, 15) is 9.59 Å². The zero-order valence-corrected chi connectivity index (χ0v) is 13.8. The second-order valence-corrected chi connectivity index (χ2v) is 6.30. The number of aliphatic imine (C=N–C) groups is 1. The van der Waals surface area contributed by atoms with Crippen LogP contribution in [0.5, 0.6) is 0 Å². The number of thioether (sulfide) groups is 1. The van der Waals surface area contributed by atoms with Gasteiger partial charge in [0.2, 0.25) is 0 Å². The molecule has 0 saturated carbocycles. The van der Waals surface area contributed by atoms with Crippen molar-refractivity contribution in [2.75, 3.05) is 12.3 Å². The number of nitrogens with one attached hydrogen (secondary N) is 2. The molecule has 0 unspecified atom stereocenters. The Morgan fingerprint density at radius 1 is 0.917 bits per heavy atom. The number of amidine groups is 1. The molecule has 0 radical (unpaired) electrons. The maximum Gasteiger partial charge on any atom is 0.315 e. The van der Waals surface area contributed by atoms with Crippen molar-refractivity contribution < 1.29 is 9.59 Å². The van der Waals surface area contributed by atoms with Crippen LogP contribution in [-0.4, -0.2) is 29.3 Å². The topological polar surface area (TPSA) is 70.6 Å². The van der Waals surface area contributed by atoms with Crippen LogP contribution in [0.15, 0.2) is 65.7 Å². The fraction of sp³-hybridized carbons (Fsp3) is 0.167. The molecule has 5 nitrogen and oxygen atoms in total. The highest BCUT2D eigenvalue weighted by Gasteiger charge is 2.22. The summed E-state index contributed by atoms with van der Waals surface area (Å²) in [6, 6.07) is 18.7. The number of amides is 2. The molecule has 0 atom stereocenters. The molecule has 0 aromatic heterocycles. The van der Waals surface area contributed by atoms with Gasteiger partial charge in [-0.3, -0.25) is 19.9 Å². The summed E-state index contributed by atoms with van der Waals surface area (Å²) in [4.78, 5) is 28.5. The van der Waals surface area contributed by atoms with Gasteiger partial charge in [-0.1, -0.05) is 72.4 Å². The Kier molecular flexibility index (Phi) is 5.28. The third kappa shape index (κ3) is 4.02. The van der Waals surface area contributed by atoms with E-state index < -0.39 is 11.8 Å². The van der Waals surface area contributed by atoms with E-state index in [-0.39, 0.29) is 6.04 Å². The van der Waals surface area contributed by atoms with Crippen molar-refractivity contribution in [3.63, 3.8) is 0 Å². The van der Waals surface area contributed by atoms with Gasteiger partial charge in [-0.15, -0.1) is 0 Å². The van der Waals surface area contributed by atoms with Gasteiger partial charge in [0.25, 0.3) is 0 Å². The standard InChI is InChI=1S/C18H17N3O2S/c22-16(17(23)21-18-19-11-12-24-18)20-15(13-7-3-1-4-8-13)14-9-5-2-6-10-14/h1-10,15H,11-12H2,(H,20,22)(H,19,21,23). The summed E-state index contributed by atoms with van der Waals surface area (Å²) in [5.41, 5.74) is 1.83. The predicted molar refractivity (Wildman–Crippen MR) is 95.8 cm³/mol. The lowest BCUT2D eigenvalue weighted by Gasteiger charge is -2.19. The fourth-order valence-corrected chi connectivity index (χ4v) is 3.13. The number of hydrogen-bond donors (Lipinski definition) is 2. The molecular formula is C18H17N3O2S. The van der Waals surface area contributed by atoms with Gasteiger partial charge in [0.15, 0.2) is 5.17 Å². The smallest absolute Gasteiger partial charge is 0.315 e. The average Bonchev–Trinajstić information content (AvgIpc) is 3.14. The summed E-state index contributed by atoms with van der Waals surface area (Å²) in [6.07, 6.45) is 0. The van der Waals surface area contributed by atoms with Gasteiger partial charge in [0, 0.05) is 5.75 Å². The van der Waals surface area contributed by atoms with Gasteiger partial charge in [-0.05, 0) is 11.1 Å². The molecule has 1 aliphatic rings. The van der Waals surface area contributed by atoms with Crippen molar-refractivity contribution >= 4 is 28.7 Å². The molecule has 122 valence electrons. The third-order valence-corrected chi connectivity index (χ3v) is 4.44. The molecule has 2 aromatic rings. The van der Waals surface area contributed by atoms with Crippen molar-refractivity contribution in [3.8, 4) is 0 Å². The second-order valence-electron chi connectivity index (χ2n) is 5.22. The first-order valence-corrected chi connectivity index (χ1v) is 8.61. The highest BCUT2D eigenvalue weighted by Crippen LogP contribution is 2.21. The number of benzene rings is 2. The molecule has 1 aliphatic heterocycles. The van der Waals surface area contributed by atoms with E-state index in [0.29, 0.717) is 11.7 Å². The first kappa shape index (κ1) is 16.3. The fourth-order valence-electron chi connectivity index (χ4n) is 2.41. The van der Waals surface area contributed by atoms with E-state index in [1.54, 1.807) is 0 Å². The van der Waals surface area contributed by atoms with Crippen LogP contribution in [-0.2, 0) is 9.59 Å². The minimum atomic E-state index is -0.694. The largest absolute Gasteiger partial charge is 0.337 e. The highest BCUT2D eigenvalue weighted by molar-refractivity contribution is 8.14. The Labute approximate surface area is 144 Å². The Morgan fingerprint density at radius 2 is 1.50 bits per heavy atom. The molecule has 0 saturated heterocycles. The molecular weight excluding hydrogens is 322 g/mol. The lowest BCUT2D eigenvalue weighted by molar-refractivity contribution is -0.138. The Bertz CT molecular complexity index is 708. The van der Waals surface area contributed by atoms with Gasteiger partial charge < -0.3 is 5.32 Å². The van der Waals surface area contributed by atoms with Gasteiger partial charge >= 0.3 is 11.8 Å². The number of rotatable bonds is 3. The van der Waals surface area contributed by atoms with Gasteiger partial charge in [0.05, 0.1) is 12.6 Å². The van der Waals surface area contributed by atoms with E-state index in [1.165, 1.54) is 11.8 Å². The molecule has 0 aliphatic carbocycles. The summed E-state index contributed by atoms with van der Waals surface area (Å²) in [5.74, 6) is -0.545. The van der Waals surface area contributed by atoms with E-state index in [1.807, 2.05) is 60.7 Å². The summed E-state index contributed by atoms with van der Waals surface area (Å²) in [7, 11) is 0. The van der Waals surface area contributed by atoms with Gasteiger partial charge in [-0.2, -0.15) is 0 Å². The molecule has 2 N–H and O–H groups in total. The summed E-state index contributed by atoms with van der Waals surface area (Å²) in [6.45, 7) is 0.665. The van der Waals surface area contributed by atoms with Crippen LogP contribution in [0.25, 0.3) is 0 Å². The lowest BCUT2D eigenvalue weighted by Crippen LogP contribution is -2.43. The normalized spacial score (nSPS) is 13.5. The Morgan fingerprint density at radius 3 is 2.00 bits per heavy atom. The van der Waals surface area contributed by atoms with Crippen LogP contribution in [0.1, 0.15) is 17.2 Å². The van der Waals surface area contributed by atoms with E-state index in [0.717, 1.165) is 16.9 Å². The molecule has 1 heterocycles. The quantitative estimate of drug-likeness (QED) is 0.842. The highest BCUT2D eigenvalue weighted by atomic mass is 32.2. The van der Waals surface area contributed by atoms with E-state index >= 15 is 0 Å². The maximum absolute atomic E-state index is 12.3. The molecule has 0 bridgehead atoms. The Balaban J connectivity index is 1.76. The minimum Gasteiger partial charge on any atom is -0.337 e. The second kappa shape index (κ2) is 7.79. The van der Waals surface area contributed by atoms with Crippen LogP contribution in [0, 0.1) is 0 Å². The van der Waals surface area contributed by atoms with E-state index in [4.69, 9.17) is 0 Å². The first-order valence-electron chi connectivity index (χ1n) is 7.63. The Hall–Kier alpha value is -2.60. The van der Waals surface area contributed by atoms with Crippen LogP contribution in [0.2, 0.25) is 0 Å². The number of nitrogens with zero attached hydrogens (tertiary/aromatic N) is 1. The summed E-state index contributed by atoms with van der Waals surface area (Å²) in [5, 5.41) is 5.86. The third-order valence-electron chi connectivity index (χ3n) is 3.55. The van der Waals surface area contributed by atoms with Crippen molar-refractivity contribution in [1.82, 2.24) is 10.6 Å². The van der Waals surface area contributed by atoms with Crippen molar-refractivity contribution in [3.05, 3.63) is 71.8 Å². The van der Waals surface area contributed by atoms with Crippen molar-refractivity contribution in [2.45, 2.75) is 6.04 Å². The molecule has 2 amide bonds. The lowest BCUT2D eigenvalue weighted by atomic mass is 9.99. The average molecular weight is 339 g/mol. The summed E-state index contributed by atoms with van der Waals surface area (Å²) >= 11 is 1.44. The molecule has 0 spiro atoms.